The molecule has 108 valence electrons. The molecule has 0 aliphatic carbocycles. The van der Waals surface area contributed by atoms with Gasteiger partial charge in [-0.05, 0) is 74.4 Å². The molecule has 1 nitrogen and oxygen atoms in total. The van der Waals surface area contributed by atoms with Gasteiger partial charge in [0.2, 0.25) is 0 Å². The SMILES string of the molecule is CCNCCC(C)(C)CCc1cc(C)c(Br)cc1C. The van der Waals surface area contributed by atoms with Crippen LogP contribution >= 0.6 is 15.9 Å². The van der Waals surface area contributed by atoms with Crippen LogP contribution in [-0.2, 0) is 6.42 Å². The Bertz CT molecular complexity index is 410. The molecule has 1 aromatic carbocycles. The highest BCUT2D eigenvalue weighted by Crippen LogP contribution is 2.29. The van der Waals surface area contributed by atoms with Crippen molar-refractivity contribution in [3.8, 4) is 0 Å². The van der Waals surface area contributed by atoms with E-state index in [9.17, 15) is 0 Å². The van der Waals surface area contributed by atoms with E-state index in [4.69, 9.17) is 0 Å². The molecule has 0 unspecified atom stereocenters. The maximum absolute atomic E-state index is 3.60. The van der Waals surface area contributed by atoms with Crippen molar-refractivity contribution in [3.05, 3.63) is 33.3 Å². The zero-order valence-electron chi connectivity index (χ0n) is 13.1. The first-order valence-electron chi connectivity index (χ1n) is 7.32. The summed E-state index contributed by atoms with van der Waals surface area (Å²) in [6, 6.07) is 4.58. The van der Waals surface area contributed by atoms with Gasteiger partial charge in [0.05, 0.1) is 0 Å². The molecule has 0 heterocycles. The Balaban J connectivity index is 2.58. The van der Waals surface area contributed by atoms with Crippen molar-refractivity contribution < 1.29 is 0 Å². The largest absolute Gasteiger partial charge is 0.317 e. The molecule has 0 saturated heterocycles. The Morgan fingerprint density at radius 1 is 1.11 bits per heavy atom. The molecule has 0 saturated carbocycles. The van der Waals surface area contributed by atoms with E-state index in [-0.39, 0.29) is 0 Å². The van der Waals surface area contributed by atoms with E-state index in [0.717, 1.165) is 13.1 Å². The third-order valence-electron chi connectivity index (χ3n) is 3.92. The molecule has 1 rings (SSSR count). The Labute approximate surface area is 127 Å². The molecule has 0 spiro atoms. The lowest BCUT2D eigenvalue weighted by Gasteiger charge is -2.25. The quantitative estimate of drug-likeness (QED) is 0.693. The maximum Gasteiger partial charge on any atom is 0.0207 e. The fraction of sp³-hybridized carbons (Fsp3) is 0.647. The summed E-state index contributed by atoms with van der Waals surface area (Å²) in [6.45, 7) is 13.5. The summed E-state index contributed by atoms with van der Waals surface area (Å²) in [5.41, 5.74) is 4.65. The van der Waals surface area contributed by atoms with Crippen LogP contribution in [0.3, 0.4) is 0 Å². The van der Waals surface area contributed by atoms with Crippen LogP contribution in [0.2, 0.25) is 0 Å². The van der Waals surface area contributed by atoms with Gasteiger partial charge in [0.15, 0.2) is 0 Å². The first kappa shape index (κ1) is 16.7. The molecule has 0 aromatic heterocycles. The number of benzene rings is 1. The second kappa shape index (κ2) is 7.44. The molecule has 0 radical (unpaired) electrons. The fourth-order valence-electron chi connectivity index (χ4n) is 2.31. The van der Waals surface area contributed by atoms with Crippen LogP contribution in [0.25, 0.3) is 0 Å². The van der Waals surface area contributed by atoms with Crippen molar-refractivity contribution in [2.45, 2.75) is 53.9 Å². The predicted molar refractivity (Wildman–Crippen MR) is 88.9 cm³/mol. The second-order valence-electron chi connectivity index (χ2n) is 6.30. The van der Waals surface area contributed by atoms with E-state index >= 15 is 0 Å². The molecular formula is C17H28BrN. The van der Waals surface area contributed by atoms with Crippen molar-refractivity contribution >= 4 is 15.9 Å². The van der Waals surface area contributed by atoms with Gasteiger partial charge < -0.3 is 5.32 Å². The first-order chi connectivity index (χ1) is 8.85. The van der Waals surface area contributed by atoms with Gasteiger partial charge in [0.1, 0.15) is 0 Å². The zero-order valence-corrected chi connectivity index (χ0v) is 14.7. The minimum Gasteiger partial charge on any atom is -0.317 e. The van der Waals surface area contributed by atoms with Crippen molar-refractivity contribution in [2.24, 2.45) is 5.41 Å². The smallest absolute Gasteiger partial charge is 0.0207 e. The van der Waals surface area contributed by atoms with Gasteiger partial charge in [-0.25, -0.2) is 0 Å². The third kappa shape index (κ3) is 5.66. The van der Waals surface area contributed by atoms with E-state index < -0.39 is 0 Å². The summed E-state index contributed by atoms with van der Waals surface area (Å²) < 4.78 is 1.22. The van der Waals surface area contributed by atoms with Gasteiger partial charge in [-0.2, -0.15) is 0 Å². The normalized spacial score (nSPS) is 11.9. The Hall–Kier alpha value is -0.340. The standard InChI is InChI=1S/C17H28BrN/c1-6-19-10-9-17(4,5)8-7-15-11-14(3)16(18)12-13(15)2/h11-12,19H,6-10H2,1-5H3. The highest BCUT2D eigenvalue weighted by atomic mass is 79.9. The minimum atomic E-state index is 0.412. The van der Waals surface area contributed by atoms with Crippen LogP contribution in [0.1, 0.15) is 50.3 Å². The molecular weight excluding hydrogens is 298 g/mol. The predicted octanol–water partition coefficient (Wildman–Crippen LogP) is 5.02. The van der Waals surface area contributed by atoms with E-state index in [1.807, 2.05) is 0 Å². The van der Waals surface area contributed by atoms with Crippen LogP contribution in [0.15, 0.2) is 16.6 Å². The lowest BCUT2D eigenvalue weighted by atomic mass is 9.82. The van der Waals surface area contributed by atoms with Gasteiger partial charge in [-0.15, -0.1) is 0 Å². The summed E-state index contributed by atoms with van der Waals surface area (Å²) in [5, 5.41) is 3.42. The number of halogens is 1. The van der Waals surface area contributed by atoms with Gasteiger partial charge in [-0.3, -0.25) is 0 Å². The number of hydrogen-bond donors (Lipinski definition) is 1. The Morgan fingerprint density at radius 3 is 2.42 bits per heavy atom. The number of rotatable bonds is 7. The van der Waals surface area contributed by atoms with E-state index in [0.29, 0.717) is 5.41 Å². The van der Waals surface area contributed by atoms with E-state index in [1.54, 1.807) is 0 Å². The van der Waals surface area contributed by atoms with Crippen molar-refractivity contribution in [1.29, 1.82) is 0 Å². The van der Waals surface area contributed by atoms with E-state index in [1.165, 1.54) is 40.4 Å². The summed E-state index contributed by atoms with van der Waals surface area (Å²) in [5.74, 6) is 0. The van der Waals surface area contributed by atoms with Crippen molar-refractivity contribution in [1.82, 2.24) is 5.32 Å². The zero-order chi connectivity index (χ0) is 14.5. The van der Waals surface area contributed by atoms with Crippen molar-refractivity contribution in [2.75, 3.05) is 13.1 Å². The molecule has 0 aliphatic heterocycles. The lowest BCUT2D eigenvalue weighted by Crippen LogP contribution is -2.22. The number of hydrogen-bond acceptors (Lipinski definition) is 1. The molecule has 1 N–H and O–H groups in total. The average molecular weight is 326 g/mol. The minimum absolute atomic E-state index is 0.412. The van der Waals surface area contributed by atoms with Gasteiger partial charge in [0, 0.05) is 4.47 Å². The van der Waals surface area contributed by atoms with Crippen molar-refractivity contribution in [3.63, 3.8) is 0 Å². The summed E-state index contributed by atoms with van der Waals surface area (Å²) >= 11 is 3.60. The topological polar surface area (TPSA) is 12.0 Å². The monoisotopic (exact) mass is 325 g/mol. The highest BCUT2D eigenvalue weighted by molar-refractivity contribution is 9.10. The summed E-state index contributed by atoms with van der Waals surface area (Å²) in [6.07, 6.45) is 3.68. The van der Waals surface area contributed by atoms with Gasteiger partial charge in [0.25, 0.3) is 0 Å². The molecule has 19 heavy (non-hydrogen) atoms. The molecule has 2 heteroatoms. The van der Waals surface area contributed by atoms with Crippen LogP contribution in [0, 0.1) is 19.3 Å². The molecule has 0 atom stereocenters. The Morgan fingerprint density at radius 2 is 1.79 bits per heavy atom. The third-order valence-corrected chi connectivity index (χ3v) is 4.77. The molecule has 0 fully saturated rings. The second-order valence-corrected chi connectivity index (χ2v) is 7.15. The molecule has 0 aliphatic rings. The Kier molecular flexibility index (Phi) is 6.55. The summed E-state index contributed by atoms with van der Waals surface area (Å²) in [7, 11) is 0. The maximum atomic E-state index is 3.60. The molecule has 0 bridgehead atoms. The van der Waals surface area contributed by atoms with Crippen LogP contribution in [0.4, 0.5) is 0 Å². The van der Waals surface area contributed by atoms with Gasteiger partial charge >= 0.3 is 0 Å². The average Bonchev–Trinajstić information content (AvgIpc) is 2.32. The lowest BCUT2D eigenvalue weighted by molar-refractivity contribution is 0.303. The van der Waals surface area contributed by atoms with Crippen LogP contribution in [-0.4, -0.2) is 13.1 Å². The van der Waals surface area contributed by atoms with Gasteiger partial charge in [-0.1, -0.05) is 42.8 Å². The number of nitrogens with one attached hydrogen (secondary N) is 1. The van der Waals surface area contributed by atoms with Crippen LogP contribution in [0.5, 0.6) is 0 Å². The van der Waals surface area contributed by atoms with Crippen LogP contribution < -0.4 is 5.32 Å². The number of aryl methyl sites for hydroxylation is 3. The first-order valence-corrected chi connectivity index (χ1v) is 8.11. The molecule has 0 amide bonds. The van der Waals surface area contributed by atoms with E-state index in [2.05, 4.69) is 68.0 Å². The molecule has 1 aromatic rings. The highest BCUT2D eigenvalue weighted by Gasteiger charge is 2.17. The fourth-order valence-corrected chi connectivity index (χ4v) is 2.77. The summed E-state index contributed by atoms with van der Waals surface area (Å²) in [4.78, 5) is 0.